The molecule has 0 aromatic carbocycles. The Kier molecular flexibility index (Phi) is 4.97. The molecule has 23 heavy (non-hydrogen) atoms. The van der Waals surface area contributed by atoms with Crippen molar-refractivity contribution in [3.8, 4) is 0 Å². The van der Waals surface area contributed by atoms with Gasteiger partial charge in [-0.2, -0.15) is 0 Å². The van der Waals surface area contributed by atoms with E-state index in [0.717, 1.165) is 31.5 Å². The lowest BCUT2D eigenvalue weighted by Crippen LogP contribution is -2.43. The zero-order valence-electron chi connectivity index (χ0n) is 13.3. The van der Waals surface area contributed by atoms with Gasteiger partial charge >= 0.3 is 0 Å². The number of likely N-dealkylation sites (tertiary alicyclic amines) is 1. The largest absolute Gasteiger partial charge is 0.338 e. The Balaban J connectivity index is 1.67. The fourth-order valence-corrected chi connectivity index (χ4v) is 3.60. The van der Waals surface area contributed by atoms with Gasteiger partial charge in [-0.15, -0.1) is 0 Å². The summed E-state index contributed by atoms with van der Waals surface area (Å²) in [6, 6.07) is 0. The number of hydrogen-bond acceptors (Lipinski definition) is 3. The molecule has 0 atom stereocenters. The summed E-state index contributed by atoms with van der Waals surface area (Å²) < 4.78 is 13.9. The zero-order chi connectivity index (χ0) is 16.4. The highest BCUT2D eigenvalue weighted by atomic mass is 35.5. The number of carbonyl (C=O) groups is 1. The minimum Gasteiger partial charge on any atom is -0.338 e. The van der Waals surface area contributed by atoms with E-state index in [2.05, 4.69) is 16.9 Å². The number of carbonyl (C=O) groups excluding carboxylic acids is 1. The Morgan fingerprint density at radius 3 is 2.65 bits per heavy atom. The smallest absolute Gasteiger partial charge is 0.226 e. The van der Waals surface area contributed by atoms with Crippen LogP contribution in [0.3, 0.4) is 0 Å². The fourth-order valence-electron chi connectivity index (χ4n) is 3.33. The second-order valence-electron chi connectivity index (χ2n) is 6.32. The quantitative estimate of drug-likeness (QED) is 0.832. The predicted octanol–water partition coefficient (Wildman–Crippen LogP) is 2.83. The maximum Gasteiger partial charge on any atom is 0.226 e. The average molecular weight is 338 g/mol. The van der Waals surface area contributed by atoms with E-state index in [1.165, 1.54) is 12.4 Å². The van der Waals surface area contributed by atoms with E-state index < -0.39 is 5.82 Å². The van der Waals surface area contributed by atoms with E-state index >= 15 is 0 Å². The van der Waals surface area contributed by atoms with Crippen LogP contribution in [0.15, 0.2) is 18.5 Å². The average Bonchev–Trinajstić information content (AvgIpc) is 2.55. The van der Waals surface area contributed by atoms with E-state index in [1.807, 2.05) is 11.0 Å². The van der Waals surface area contributed by atoms with Crippen molar-refractivity contribution in [2.45, 2.75) is 19.3 Å². The number of hydrogen-bond donors (Lipinski definition) is 0. The van der Waals surface area contributed by atoms with Gasteiger partial charge in [0, 0.05) is 30.8 Å². The van der Waals surface area contributed by atoms with E-state index in [9.17, 15) is 9.18 Å². The molecule has 0 aliphatic carbocycles. The molecule has 1 amide bonds. The van der Waals surface area contributed by atoms with Crippen molar-refractivity contribution in [2.75, 3.05) is 33.2 Å². The highest BCUT2D eigenvalue weighted by molar-refractivity contribution is 6.32. The number of aromatic nitrogens is 1. The first-order valence-electron chi connectivity index (χ1n) is 8.02. The molecular formula is C17H21ClFN3O. The second-order valence-corrected chi connectivity index (χ2v) is 6.73. The van der Waals surface area contributed by atoms with Gasteiger partial charge in [-0.05, 0) is 45.0 Å². The SMILES string of the molecule is CN1CCC(C(=O)N2CC=C(c3c(F)cncc3Cl)CC2)CC1. The number of nitrogens with zero attached hydrogens (tertiary/aromatic N) is 3. The summed E-state index contributed by atoms with van der Waals surface area (Å²) >= 11 is 6.07. The summed E-state index contributed by atoms with van der Waals surface area (Å²) in [5.74, 6) is -0.0454. The van der Waals surface area contributed by atoms with Gasteiger partial charge < -0.3 is 9.80 Å². The van der Waals surface area contributed by atoms with Gasteiger partial charge in [0.15, 0.2) is 0 Å². The lowest BCUT2D eigenvalue weighted by molar-refractivity contribution is -0.136. The topological polar surface area (TPSA) is 36.4 Å². The van der Waals surface area contributed by atoms with E-state index in [1.54, 1.807) is 0 Å². The molecule has 0 spiro atoms. The van der Waals surface area contributed by atoms with Crippen molar-refractivity contribution >= 4 is 23.1 Å². The lowest BCUT2D eigenvalue weighted by Gasteiger charge is -2.34. The molecule has 2 aliphatic heterocycles. The van der Waals surface area contributed by atoms with Crippen LogP contribution in [0, 0.1) is 11.7 Å². The van der Waals surface area contributed by atoms with Gasteiger partial charge in [0.05, 0.1) is 11.2 Å². The summed E-state index contributed by atoms with van der Waals surface area (Å²) in [5, 5.41) is 0.325. The van der Waals surface area contributed by atoms with Crippen molar-refractivity contribution < 1.29 is 9.18 Å². The summed E-state index contributed by atoms with van der Waals surface area (Å²) in [6.45, 7) is 3.10. The second kappa shape index (κ2) is 6.97. The summed E-state index contributed by atoms with van der Waals surface area (Å²) in [6.07, 6.45) is 7.02. The maximum atomic E-state index is 13.9. The predicted molar refractivity (Wildman–Crippen MR) is 88.6 cm³/mol. The molecule has 3 heterocycles. The maximum absolute atomic E-state index is 13.9. The Bertz CT molecular complexity index is 606. The molecule has 0 bridgehead atoms. The van der Waals surface area contributed by atoms with Gasteiger partial charge in [-0.25, -0.2) is 4.39 Å². The number of halogens is 2. The third-order valence-corrected chi connectivity index (χ3v) is 5.05. The molecular weight excluding hydrogens is 317 g/mol. The molecule has 0 N–H and O–H groups in total. The van der Waals surface area contributed by atoms with Crippen LogP contribution in [0.4, 0.5) is 4.39 Å². The van der Waals surface area contributed by atoms with Gasteiger partial charge in [-0.3, -0.25) is 9.78 Å². The van der Waals surface area contributed by atoms with E-state index in [0.29, 0.717) is 30.1 Å². The normalized spacial score (nSPS) is 20.5. The number of amides is 1. The van der Waals surface area contributed by atoms with Crippen LogP contribution in [0.25, 0.3) is 5.57 Å². The van der Waals surface area contributed by atoms with Crippen LogP contribution in [-0.4, -0.2) is 53.9 Å². The molecule has 0 unspecified atom stereocenters. The molecule has 6 heteroatoms. The van der Waals surface area contributed by atoms with Gasteiger partial charge in [-0.1, -0.05) is 17.7 Å². The van der Waals surface area contributed by atoms with Crippen LogP contribution >= 0.6 is 11.6 Å². The Morgan fingerprint density at radius 1 is 1.30 bits per heavy atom. The molecule has 2 aliphatic rings. The Hall–Kier alpha value is -1.46. The van der Waals surface area contributed by atoms with Crippen LogP contribution < -0.4 is 0 Å². The summed E-state index contributed by atoms with van der Waals surface area (Å²) in [4.78, 5) is 20.5. The fraction of sp³-hybridized carbons (Fsp3) is 0.529. The van der Waals surface area contributed by atoms with Crippen molar-refractivity contribution in [3.63, 3.8) is 0 Å². The molecule has 0 saturated carbocycles. The zero-order valence-corrected chi connectivity index (χ0v) is 14.0. The monoisotopic (exact) mass is 337 g/mol. The van der Waals surface area contributed by atoms with Crippen LogP contribution in [0.2, 0.25) is 5.02 Å². The molecule has 0 radical (unpaired) electrons. The van der Waals surface area contributed by atoms with Crippen LogP contribution in [-0.2, 0) is 4.79 Å². The highest BCUT2D eigenvalue weighted by Crippen LogP contribution is 2.31. The van der Waals surface area contributed by atoms with E-state index in [-0.39, 0.29) is 11.8 Å². The number of pyridine rings is 1. The van der Waals surface area contributed by atoms with Gasteiger partial charge in [0.25, 0.3) is 0 Å². The van der Waals surface area contributed by atoms with Crippen molar-refractivity contribution in [1.82, 2.24) is 14.8 Å². The third-order valence-electron chi connectivity index (χ3n) is 4.76. The van der Waals surface area contributed by atoms with Gasteiger partial charge in [0.1, 0.15) is 5.82 Å². The summed E-state index contributed by atoms with van der Waals surface area (Å²) in [7, 11) is 2.09. The molecule has 1 saturated heterocycles. The van der Waals surface area contributed by atoms with Crippen LogP contribution in [0.1, 0.15) is 24.8 Å². The van der Waals surface area contributed by atoms with Crippen molar-refractivity contribution in [1.29, 1.82) is 0 Å². The lowest BCUT2D eigenvalue weighted by atomic mass is 9.94. The Labute approximate surface area is 140 Å². The first-order chi connectivity index (χ1) is 11.1. The molecule has 1 aromatic rings. The summed E-state index contributed by atoms with van der Waals surface area (Å²) in [5.41, 5.74) is 1.29. The molecule has 1 fully saturated rings. The highest BCUT2D eigenvalue weighted by Gasteiger charge is 2.29. The molecule has 124 valence electrons. The molecule has 3 rings (SSSR count). The number of rotatable bonds is 2. The first-order valence-corrected chi connectivity index (χ1v) is 8.40. The van der Waals surface area contributed by atoms with Gasteiger partial charge in [0.2, 0.25) is 5.91 Å². The van der Waals surface area contributed by atoms with Crippen molar-refractivity contribution in [3.05, 3.63) is 34.9 Å². The molecule has 1 aromatic heterocycles. The van der Waals surface area contributed by atoms with Crippen LogP contribution in [0.5, 0.6) is 0 Å². The van der Waals surface area contributed by atoms with Crippen molar-refractivity contribution in [2.24, 2.45) is 5.92 Å². The minimum atomic E-state index is -0.404. The third kappa shape index (κ3) is 3.56. The Morgan fingerprint density at radius 2 is 2.04 bits per heavy atom. The van der Waals surface area contributed by atoms with E-state index in [4.69, 9.17) is 11.6 Å². The number of piperidine rings is 1. The minimum absolute atomic E-state index is 0.127. The molecule has 4 nitrogen and oxygen atoms in total. The first kappa shape index (κ1) is 16.4. The standard InChI is InChI=1S/C17H21ClFN3O/c1-21-6-2-13(3-7-21)17(23)22-8-4-12(5-9-22)16-14(18)10-20-11-15(16)19/h4,10-11,13H,2-3,5-9H2,1H3.